The van der Waals surface area contributed by atoms with Crippen LogP contribution in [-0.4, -0.2) is 33.7 Å². The molecule has 94 valence electrons. The van der Waals surface area contributed by atoms with Gasteiger partial charge in [-0.1, -0.05) is 6.07 Å². The number of hydrogen-bond donors (Lipinski definition) is 1. The first-order valence-corrected chi connectivity index (χ1v) is 6.15. The molecular weight excluding hydrogens is 230 g/mol. The molecule has 18 heavy (non-hydrogen) atoms. The predicted molar refractivity (Wildman–Crippen MR) is 68.9 cm³/mol. The van der Waals surface area contributed by atoms with Crippen LogP contribution in [0.25, 0.3) is 5.65 Å². The Morgan fingerprint density at radius 2 is 2.28 bits per heavy atom. The van der Waals surface area contributed by atoms with Gasteiger partial charge in [-0.15, -0.1) is 0 Å². The molecule has 3 heterocycles. The second kappa shape index (κ2) is 4.42. The van der Waals surface area contributed by atoms with E-state index in [9.17, 15) is 9.90 Å². The number of β-amino-alcohol motifs (C(OH)–C–C–N with tert-alkyl or cyclic N) is 1. The van der Waals surface area contributed by atoms with E-state index in [1.165, 1.54) is 10.5 Å². The Balaban J connectivity index is 2.04. The summed E-state index contributed by atoms with van der Waals surface area (Å²) in [6, 6.07) is 7.01. The van der Waals surface area contributed by atoms with Crippen LogP contribution < -0.4 is 10.5 Å². The van der Waals surface area contributed by atoms with Gasteiger partial charge < -0.3 is 10.0 Å². The Morgan fingerprint density at radius 3 is 3.11 bits per heavy atom. The smallest absolute Gasteiger partial charge is 0.259 e. The van der Waals surface area contributed by atoms with Gasteiger partial charge in [-0.25, -0.2) is 4.98 Å². The molecule has 0 bridgehead atoms. The first-order valence-electron chi connectivity index (χ1n) is 6.15. The topological polar surface area (TPSA) is 57.8 Å². The van der Waals surface area contributed by atoms with Gasteiger partial charge >= 0.3 is 0 Å². The second-order valence-electron chi connectivity index (χ2n) is 4.62. The number of hydrogen-bond acceptors (Lipinski definition) is 4. The molecule has 1 saturated heterocycles. The van der Waals surface area contributed by atoms with Gasteiger partial charge in [-0.3, -0.25) is 9.20 Å². The molecule has 5 nitrogen and oxygen atoms in total. The van der Waals surface area contributed by atoms with Gasteiger partial charge in [0.1, 0.15) is 11.5 Å². The van der Waals surface area contributed by atoms with Gasteiger partial charge in [0.2, 0.25) is 0 Å². The summed E-state index contributed by atoms with van der Waals surface area (Å²) in [5.74, 6) is 0.657. The van der Waals surface area contributed by atoms with E-state index in [4.69, 9.17) is 0 Å². The summed E-state index contributed by atoms with van der Waals surface area (Å²) in [7, 11) is 0. The van der Waals surface area contributed by atoms with Crippen molar-refractivity contribution in [3.63, 3.8) is 0 Å². The molecule has 1 unspecified atom stereocenters. The molecule has 0 spiro atoms. The normalized spacial score (nSPS) is 20.3. The van der Waals surface area contributed by atoms with Crippen LogP contribution in [0.3, 0.4) is 0 Å². The zero-order chi connectivity index (χ0) is 12.5. The van der Waals surface area contributed by atoms with E-state index in [1.54, 1.807) is 12.3 Å². The molecule has 1 fully saturated rings. The lowest BCUT2D eigenvalue weighted by atomic mass is 10.1. The Bertz CT molecular complexity index is 623. The molecule has 0 amide bonds. The number of aliphatic hydroxyl groups excluding tert-OH is 1. The average Bonchev–Trinajstić information content (AvgIpc) is 2.39. The molecule has 1 atom stereocenters. The van der Waals surface area contributed by atoms with E-state index < -0.39 is 0 Å². The van der Waals surface area contributed by atoms with E-state index in [2.05, 4.69) is 4.98 Å². The van der Waals surface area contributed by atoms with Gasteiger partial charge in [0, 0.05) is 25.4 Å². The Hall–Kier alpha value is -1.88. The summed E-state index contributed by atoms with van der Waals surface area (Å²) >= 11 is 0. The summed E-state index contributed by atoms with van der Waals surface area (Å²) in [5, 5.41) is 9.67. The van der Waals surface area contributed by atoms with Gasteiger partial charge in [-0.05, 0) is 25.0 Å². The summed E-state index contributed by atoms with van der Waals surface area (Å²) in [4.78, 5) is 18.4. The summed E-state index contributed by atoms with van der Waals surface area (Å²) in [6.45, 7) is 1.39. The van der Waals surface area contributed by atoms with Crippen LogP contribution in [-0.2, 0) is 0 Å². The van der Waals surface area contributed by atoms with Crippen molar-refractivity contribution in [1.29, 1.82) is 0 Å². The maximum atomic E-state index is 12.0. The van der Waals surface area contributed by atoms with Crippen LogP contribution in [0.4, 0.5) is 5.82 Å². The Morgan fingerprint density at radius 1 is 1.39 bits per heavy atom. The van der Waals surface area contributed by atoms with Crippen LogP contribution in [0.1, 0.15) is 12.8 Å². The molecule has 2 aromatic rings. The number of aromatic nitrogens is 2. The first kappa shape index (κ1) is 11.2. The highest BCUT2D eigenvalue weighted by Crippen LogP contribution is 2.17. The lowest BCUT2D eigenvalue weighted by Gasteiger charge is -2.30. The van der Waals surface area contributed by atoms with Crippen molar-refractivity contribution in [1.82, 2.24) is 9.38 Å². The van der Waals surface area contributed by atoms with Crippen LogP contribution >= 0.6 is 0 Å². The number of anilines is 1. The highest BCUT2D eigenvalue weighted by atomic mass is 16.3. The number of pyridine rings is 1. The number of nitrogens with zero attached hydrogens (tertiary/aromatic N) is 3. The maximum absolute atomic E-state index is 12.0. The minimum Gasteiger partial charge on any atom is -0.391 e. The fraction of sp³-hybridized carbons (Fsp3) is 0.385. The van der Waals surface area contributed by atoms with Crippen molar-refractivity contribution >= 4 is 11.5 Å². The molecule has 1 aliphatic rings. The monoisotopic (exact) mass is 245 g/mol. The van der Waals surface area contributed by atoms with E-state index >= 15 is 0 Å². The van der Waals surface area contributed by atoms with E-state index in [0.717, 1.165) is 19.4 Å². The standard InChI is InChI=1S/C13H15N3O2/c17-10-4-3-6-15(9-10)12-8-13(18)16-7-2-1-5-11(16)14-12/h1-2,5,7-8,10,17H,3-4,6,9H2. The molecular formula is C13H15N3O2. The van der Waals surface area contributed by atoms with Crippen LogP contribution in [0.15, 0.2) is 35.3 Å². The fourth-order valence-electron chi connectivity index (χ4n) is 2.37. The molecule has 2 aromatic heterocycles. The summed E-state index contributed by atoms with van der Waals surface area (Å²) in [6.07, 6.45) is 3.13. The zero-order valence-corrected chi connectivity index (χ0v) is 9.99. The first-order chi connectivity index (χ1) is 8.74. The second-order valence-corrected chi connectivity index (χ2v) is 4.62. The quantitative estimate of drug-likeness (QED) is 0.801. The lowest BCUT2D eigenvalue weighted by molar-refractivity contribution is 0.154. The van der Waals surface area contributed by atoms with Gasteiger partial charge in [-0.2, -0.15) is 0 Å². The molecule has 0 radical (unpaired) electrons. The van der Waals surface area contributed by atoms with E-state index in [0.29, 0.717) is 18.0 Å². The maximum Gasteiger partial charge on any atom is 0.259 e. The number of piperidine rings is 1. The number of rotatable bonds is 1. The van der Waals surface area contributed by atoms with Crippen LogP contribution in [0, 0.1) is 0 Å². The Labute approximate surface area is 104 Å². The molecule has 5 heteroatoms. The van der Waals surface area contributed by atoms with Crippen molar-refractivity contribution < 1.29 is 5.11 Å². The van der Waals surface area contributed by atoms with Gasteiger partial charge in [0.05, 0.1) is 6.10 Å². The third-order valence-corrected chi connectivity index (χ3v) is 3.28. The minimum atomic E-state index is -0.324. The predicted octanol–water partition coefficient (Wildman–Crippen LogP) is 0.656. The largest absolute Gasteiger partial charge is 0.391 e. The zero-order valence-electron chi connectivity index (χ0n) is 9.99. The van der Waals surface area contributed by atoms with Crippen molar-refractivity contribution in [2.24, 2.45) is 0 Å². The average molecular weight is 245 g/mol. The SMILES string of the molecule is O=c1cc(N2CCCC(O)C2)nc2ccccn12. The highest BCUT2D eigenvalue weighted by Gasteiger charge is 2.19. The van der Waals surface area contributed by atoms with E-state index in [-0.39, 0.29) is 11.7 Å². The van der Waals surface area contributed by atoms with Crippen molar-refractivity contribution in [3.05, 3.63) is 40.8 Å². The summed E-state index contributed by atoms with van der Waals surface area (Å²) < 4.78 is 1.52. The van der Waals surface area contributed by atoms with E-state index in [1.807, 2.05) is 17.0 Å². The van der Waals surface area contributed by atoms with Crippen LogP contribution in [0.5, 0.6) is 0 Å². The molecule has 0 aliphatic carbocycles. The molecule has 1 aliphatic heterocycles. The number of aliphatic hydroxyl groups is 1. The van der Waals surface area contributed by atoms with Crippen molar-refractivity contribution in [3.8, 4) is 0 Å². The number of fused-ring (bicyclic) bond motifs is 1. The molecule has 1 N–H and O–H groups in total. The third kappa shape index (κ3) is 1.97. The fourth-order valence-corrected chi connectivity index (χ4v) is 2.37. The van der Waals surface area contributed by atoms with Crippen LogP contribution in [0.2, 0.25) is 0 Å². The lowest BCUT2D eigenvalue weighted by Crippen LogP contribution is -2.39. The van der Waals surface area contributed by atoms with Crippen molar-refractivity contribution in [2.45, 2.75) is 18.9 Å². The minimum absolute atomic E-state index is 0.0873. The third-order valence-electron chi connectivity index (χ3n) is 3.28. The summed E-state index contributed by atoms with van der Waals surface area (Å²) in [5.41, 5.74) is 0.552. The van der Waals surface area contributed by atoms with Gasteiger partial charge in [0.15, 0.2) is 0 Å². The molecule has 0 saturated carbocycles. The molecule has 0 aromatic carbocycles. The highest BCUT2D eigenvalue weighted by molar-refractivity contribution is 5.48. The molecule has 3 rings (SSSR count). The van der Waals surface area contributed by atoms with Gasteiger partial charge in [0.25, 0.3) is 5.56 Å². The van der Waals surface area contributed by atoms with Crippen molar-refractivity contribution in [2.75, 3.05) is 18.0 Å². The Kier molecular flexibility index (Phi) is 2.76.